The monoisotopic (exact) mass is 505 g/mol. The van der Waals surface area contributed by atoms with Crippen LogP contribution in [0.15, 0.2) is 41.8 Å². The fourth-order valence-electron chi connectivity index (χ4n) is 3.18. The van der Waals surface area contributed by atoms with Gasteiger partial charge in [-0.3, -0.25) is 9.59 Å². The quantitative estimate of drug-likeness (QED) is 0.199. The Labute approximate surface area is 210 Å². The number of nitrogens with zero attached hydrogens (tertiary/aromatic N) is 1. The molecule has 0 N–H and O–H groups in total. The van der Waals surface area contributed by atoms with Crippen LogP contribution in [-0.4, -0.2) is 49.0 Å². The smallest absolute Gasteiger partial charge is 0.324 e. The molecule has 0 spiro atoms. The molecule has 0 fully saturated rings. The van der Waals surface area contributed by atoms with Gasteiger partial charge in [0.15, 0.2) is 5.41 Å². The van der Waals surface area contributed by atoms with Crippen LogP contribution in [0.2, 0.25) is 0 Å². The molecule has 1 aromatic rings. The molecule has 0 atom stereocenters. The number of hydrogen-bond donors (Lipinski definition) is 0. The zero-order valence-corrected chi connectivity index (χ0v) is 23.0. The highest BCUT2D eigenvalue weighted by Crippen LogP contribution is 2.35. The second kappa shape index (κ2) is 11.9. The number of rotatable bonds is 10. The van der Waals surface area contributed by atoms with Gasteiger partial charge in [-0.2, -0.15) is 4.31 Å². The minimum Gasteiger partial charge on any atom is -0.459 e. The van der Waals surface area contributed by atoms with E-state index in [0.717, 1.165) is 5.56 Å². The van der Waals surface area contributed by atoms with Crippen molar-refractivity contribution in [1.82, 2.24) is 4.31 Å². The maximum atomic E-state index is 13.4. The van der Waals surface area contributed by atoms with Crippen LogP contribution >= 0.6 is 0 Å². The van der Waals surface area contributed by atoms with E-state index in [1.807, 2.05) is 6.92 Å². The second-order valence-corrected chi connectivity index (χ2v) is 12.3. The molecule has 0 heterocycles. The molecule has 0 aliphatic carbocycles. The summed E-state index contributed by atoms with van der Waals surface area (Å²) in [6.45, 7) is 17.1. The van der Waals surface area contributed by atoms with Crippen molar-refractivity contribution in [3.05, 3.63) is 42.5 Å². The van der Waals surface area contributed by atoms with E-state index in [0.29, 0.717) is 0 Å². The fraction of sp³-hybridized carbons (Fsp3) is 0.556. The van der Waals surface area contributed by atoms with E-state index < -0.39 is 38.6 Å². The van der Waals surface area contributed by atoms with E-state index in [1.54, 1.807) is 60.6 Å². The zero-order valence-electron chi connectivity index (χ0n) is 22.2. The molecule has 0 saturated carbocycles. The molecule has 0 aliphatic rings. The number of hydrogen-bond acceptors (Lipinski definition) is 6. The lowest BCUT2D eigenvalue weighted by atomic mass is 9.80. The molecule has 35 heavy (non-hydrogen) atoms. The topological polar surface area (TPSA) is 90.0 Å². The Balaban J connectivity index is 3.51. The summed E-state index contributed by atoms with van der Waals surface area (Å²) in [7, 11) is -3.95. The van der Waals surface area contributed by atoms with Gasteiger partial charge >= 0.3 is 11.9 Å². The highest BCUT2D eigenvalue weighted by molar-refractivity contribution is 7.89. The van der Waals surface area contributed by atoms with Crippen LogP contribution in [0.1, 0.15) is 66.9 Å². The van der Waals surface area contributed by atoms with E-state index in [4.69, 9.17) is 9.47 Å². The Kier molecular flexibility index (Phi) is 10.3. The van der Waals surface area contributed by atoms with Gasteiger partial charge in [0.1, 0.15) is 11.2 Å². The van der Waals surface area contributed by atoms with Gasteiger partial charge in [0.05, 0.1) is 11.4 Å². The van der Waals surface area contributed by atoms with Crippen molar-refractivity contribution in [2.24, 2.45) is 5.41 Å². The lowest BCUT2D eigenvalue weighted by molar-refractivity contribution is -0.186. The van der Waals surface area contributed by atoms with E-state index in [-0.39, 0.29) is 30.8 Å². The van der Waals surface area contributed by atoms with E-state index >= 15 is 0 Å². The van der Waals surface area contributed by atoms with Gasteiger partial charge < -0.3 is 9.47 Å². The largest absolute Gasteiger partial charge is 0.459 e. The number of aryl methyl sites for hydroxylation is 1. The van der Waals surface area contributed by atoms with E-state index in [2.05, 4.69) is 18.4 Å². The van der Waals surface area contributed by atoms with E-state index in [1.165, 1.54) is 22.5 Å². The minimum atomic E-state index is -3.95. The van der Waals surface area contributed by atoms with Crippen LogP contribution in [0.3, 0.4) is 0 Å². The summed E-state index contributed by atoms with van der Waals surface area (Å²) >= 11 is 0. The second-order valence-electron chi connectivity index (χ2n) is 10.4. The van der Waals surface area contributed by atoms with Crippen LogP contribution in [0, 0.1) is 24.2 Å². The summed E-state index contributed by atoms with van der Waals surface area (Å²) in [6.07, 6.45) is 1.20. The van der Waals surface area contributed by atoms with Crippen LogP contribution < -0.4 is 0 Å². The molecule has 0 amide bonds. The molecule has 7 nitrogen and oxygen atoms in total. The lowest BCUT2D eigenvalue weighted by Gasteiger charge is -2.35. The normalized spacial score (nSPS) is 12.5. The molecule has 0 bridgehead atoms. The first-order valence-corrected chi connectivity index (χ1v) is 13.0. The molecule has 0 radical (unpaired) electrons. The maximum Gasteiger partial charge on any atom is 0.324 e. The maximum absolute atomic E-state index is 13.4. The Bertz CT molecular complexity index is 1040. The summed E-state index contributed by atoms with van der Waals surface area (Å²) in [5.41, 5.74) is -2.59. The third kappa shape index (κ3) is 8.83. The van der Waals surface area contributed by atoms with Gasteiger partial charge in [0, 0.05) is 6.54 Å². The van der Waals surface area contributed by atoms with Gasteiger partial charge in [-0.15, -0.1) is 12.5 Å². The van der Waals surface area contributed by atoms with Crippen LogP contribution in [0.5, 0.6) is 0 Å². The summed E-state index contributed by atoms with van der Waals surface area (Å²) in [5.74, 6) is 3.92. The molecular formula is C27H39NO6S. The van der Waals surface area contributed by atoms with Crippen molar-refractivity contribution in [3.8, 4) is 11.8 Å². The number of sulfonamides is 1. The molecular weight excluding hydrogens is 466 g/mol. The summed E-state index contributed by atoms with van der Waals surface area (Å²) in [6, 6.07) is 6.46. The molecule has 0 aromatic heterocycles. The van der Waals surface area contributed by atoms with Crippen LogP contribution in [0.4, 0.5) is 0 Å². The number of benzene rings is 1. The van der Waals surface area contributed by atoms with Gasteiger partial charge in [-0.1, -0.05) is 29.7 Å². The van der Waals surface area contributed by atoms with Gasteiger partial charge in [-0.05, 0) is 80.4 Å². The Morgan fingerprint density at radius 3 is 1.89 bits per heavy atom. The zero-order chi connectivity index (χ0) is 27.1. The van der Waals surface area contributed by atoms with Crippen molar-refractivity contribution in [3.63, 3.8) is 0 Å². The summed E-state index contributed by atoms with van der Waals surface area (Å²) in [5, 5.41) is 0. The van der Waals surface area contributed by atoms with E-state index in [9.17, 15) is 18.0 Å². The number of allylic oxidation sites excluding steroid dienone is 1. The standard InChI is InChI=1S/C27H39NO6S/c1-10-12-19-28(35(31,32)22-15-13-21(3)14-16-22)20-18-27(17-11-2,23(29)33-25(4,5)6)24(30)34-26(7,8)9/h11,13-16H,2,17-20H2,1,3-9H3. The predicted octanol–water partition coefficient (Wildman–Crippen LogP) is 4.65. The molecule has 8 heteroatoms. The number of carbonyl (C=O) groups is 2. The molecule has 1 rings (SSSR count). The third-order valence-corrected chi connectivity index (χ3v) is 6.81. The first kappa shape index (κ1) is 30.4. The van der Waals surface area contributed by atoms with Crippen molar-refractivity contribution in [2.45, 2.75) is 84.3 Å². The van der Waals surface area contributed by atoms with Crippen molar-refractivity contribution < 1.29 is 27.5 Å². The van der Waals surface area contributed by atoms with Gasteiger partial charge in [-0.25, -0.2) is 8.42 Å². The molecule has 1 aromatic carbocycles. The van der Waals surface area contributed by atoms with Gasteiger partial charge in [0.2, 0.25) is 10.0 Å². The van der Waals surface area contributed by atoms with Crippen LogP contribution in [0.25, 0.3) is 0 Å². The van der Waals surface area contributed by atoms with Gasteiger partial charge in [0.25, 0.3) is 0 Å². The molecule has 0 unspecified atom stereocenters. The van der Waals surface area contributed by atoms with Crippen molar-refractivity contribution in [2.75, 3.05) is 13.1 Å². The van der Waals surface area contributed by atoms with Crippen molar-refractivity contribution in [1.29, 1.82) is 0 Å². The third-order valence-electron chi connectivity index (χ3n) is 4.95. The number of esters is 2. The minimum absolute atomic E-state index is 0.0747. The SMILES string of the molecule is C=CCC(CCN(CC#CC)S(=O)(=O)c1ccc(C)cc1)(C(=O)OC(C)(C)C)C(=O)OC(C)(C)C. The molecule has 0 saturated heterocycles. The Morgan fingerprint density at radius 2 is 1.49 bits per heavy atom. The Morgan fingerprint density at radius 1 is 1.00 bits per heavy atom. The molecule has 194 valence electrons. The lowest BCUT2D eigenvalue weighted by Crippen LogP contribution is -2.48. The van der Waals surface area contributed by atoms with Crippen molar-refractivity contribution >= 4 is 22.0 Å². The average Bonchev–Trinajstić information content (AvgIpc) is 2.70. The summed E-state index contributed by atoms with van der Waals surface area (Å²) < 4.78 is 39.2. The number of carbonyl (C=O) groups excluding carboxylic acids is 2. The first-order valence-electron chi connectivity index (χ1n) is 11.5. The fourth-order valence-corrected chi connectivity index (χ4v) is 4.52. The van der Waals surface area contributed by atoms with Crippen LogP contribution in [-0.2, 0) is 29.1 Å². The molecule has 0 aliphatic heterocycles. The highest BCUT2D eigenvalue weighted by Gasteiger charge is 2.50. The summed E-state index contributed by atoms with van der Waals surface area (Å²) in [4.78, 5) is 26.9. The Hall–Kier alpha value is -2.63. The first-order chi connectivity index (χ1) is 16.0. The number of ether oxygens (including phenoxy) is 2. The average molecular weight is 506 g/mol. The predicted molar refractivity (Wildman–Crippen MR) is 137 cm³/mol. The highest BCUT2D eigenvalue weighted by atomic mass is 32.2.